The van der Waals surface area contributed by atoms with Crippen LogP contribution in [0, 0.1) is 0 Å². The zero-order valence-corrected chi connectivity index (χ0v) is 9.76. The van der Waals surface area contributed by atoms with Gasteiger partial charge in [0.15, 0.2) is 0 Å². The molecule has 0 radical (unpaired) electrons. The van der Waals surface area contributed by atoms with Gasteiger partial charge in [-0.15, -0.1) is 0 Å². The van der Waals surface area contributed by atoms with E-state index in [1.807, 2.05) is 29.2 Å². The van der Waals surface area contributed by atoms with Crippen molar-refractivity contribution in [1.29, 1.82) is 0 Å². The van der Waals surface area contributed by atoms with Crippen LogP contribution in [0.5, 0.6) is 0 Å². The molecule has 17 heavy (non-hydrogen) atoms. The Morgan fingerprint density at radius 1 is 1.47 bits per heavy atom. The van der Waals surface area contributed by atoms with Gasteiger partial charge < -0.3 is 4.90 Å². The lowest BCUT2D eigenvalue weighted by Crippen LogP contribution is -2.40. The fourth-order valence-corrected chi connectivity index (χ4v) is 2.72. The van der Waals surface area contributed by atoms with E-state index in [2.05, 4.69) is 24.7 Å². The topological polar surface area (TPSA) is 32.7 Å². The summed E-state index contributed by atoms with van der Waals surface area (Å²) in [4.78, 5) is 18.1. The second kappa shape index (κ2) is 3.55. The molecule has 0 saturated carbocycles. The van der Waals surface area contributed by atoms with Crippen LogP contribution >= 0.6 is 0 Å². The van der Waals surface area contributed by atoms with Gasteiger partial charge in [0.1, 0.15) is 6.04 Å². The van der Waals surface area contributed by atoms with E-state index in [9.17, 15) is 4.79 Å². The van der Waals surface area contributed by atoms with Gasteiger partial charge in [0.2, 0.25) is 0 Å². The summed E-state index contributed by atoms with van der Waals surface area (Å²) >= 11 is 0. The molecule has 2 atom stereocenters. The number of aliphatic imine (C=N–C) groups is 1. The van der Waals surface area contributed by atoms with E-state index in [0.717, 1.165) is 17.7 Å². The zero-order valence-electron chi connectivity index (χ0n) is 9.76. The van der Waals surface area contributed by atoms with Crippen LogP contribution in [0.25, 0.3) is 6.08 Å². The summed E-state index contributed by atoms with van der Waals surface area (Å²) in [5.74, 6) is 0.0347. The third-order valence-electron chi connectivity index (χ3n) is 3.49. The Balaban J connectivity index is 2.22. The Bertz CT molecular complexity index is 533. The molecule has 86 valence electrons. The van der Waals surface area contributed by atoms with Gasteiger partial charge in [0.25, 0.3) is 5.91 Å². The summed E-state index contributed by atoms with van der Waals surface area (Å²) in [6, 6.07) is 5.94. The number of hydrogen-bond acceptors (Lipinski definition) is 2. The van der Waals surface area contributed by atoms with Gasteiger partial charge in [-0.1, -0.05) is 30.4 Å². The number of nitrogens with zero attached hydrogens (tertiary/aromatic N) is 2. The van der Waals surface area contributed by atoms with Crippen molar-refractivity contribution in [3.05, 3.63) is 35.4 Å². The summed E-state index contributed by atoms with van der Waals surface area (Å²) in [7, 11) is 0. The molecule has 2 aliphatic rings. The second-order valence-electron chi connectivity index (χ2n) is 4.60. The van der Waals surface area contributed by atoms with Crippen molar-refractivity contribution in [2.45, 2.75) is 25.4 Å². The Kier molecular flexibility index (Phi) is 2.15. The predicted molar refractivity (Wildman–Crippen MR) is 69.5 cm³/mol. The first kappa shape index (κ1) is 10.3. The van der Waals surface area contributed by atoms with Crippen LogP contribution < -0.4 is 4.90 Å². The molecule has 1 amide bonds. The lowest BCUT2D eigenvalue weighted by atomic mass is 10.1. The molecule has 0 aliphatic carbocycles. The normalized spacial score (nSPS) is 25.7. The number of carbonyl (C=O) groups is 1. The van der Waals surface area contributed by atoms with Crippen molar-refractivity contribution in [3.63, 3.8) is 0 Å². The maximum absolute atomic E-state index is 12.4. The third kappa shape index (κ3) is 1.35. The van der Waals surface area contributed by atoms with Gasteiger partial charge in [-0.05, 0) is 31.2 Å². The van der Waals surface area contributed by atoms with Crippen LogP contribution in [-0.2, 0) is 11.2 Å². The quantitative estimate of drug-likeness (QED) is 0.675. The van der Waals surface area contributed by atoms with E-state index in [4.69, 9.17) is 0 Å². The average molecular weight is 226 g/mol. The second-order valence-corrected chi connectivity index (χ2v) is 4.60. The third-order valence-corrected chi connectivity index (χ3v) is 3.49. The molecular weight excluding hydrogens is 212 g/mol. The summed E-state index contributed by atoms with van der Waals surface area (Å²) in [5.41, 5.74) is 3.41. The summed E-state index contributed by atoms with van der Waals surface area (Å²) < 4.78 is 0. The number of para-hydroxylation sites is 1. The van der Waals surface area contributed by atoms with Crippen molar-refractivity contribution in [3.8, 4) is 0 Å². The molecule has 3 nitrogen and oxygen atoms in total. The molecule has 2 unspecified atom stereocenters. The largest absolute Gasteiger partial charge is 0.306 e. The van der Waals surface area contributed by atoms with E-state index >= 15 is 0 Å². The highest BCUT2D eigenvalue weighted by atomic mass is 16.2. The molecule has 3 rings (SSSR count). The van der Waals surface area contributed by atoms with Crippen LogP contribution in [0.3, 0.4) is 0 Å². The highest BCUT2D eigenvalue weighted by Crippen LogP contribution is 2.38. The standard InChI is InChI=1S/C14H14N2O/c1-9-8-11-5-3-4-10-6-7-12(15-2)14(17)16(9)13(10)11/h3-7,9,12H,2,8H2,1H3. The van der Waals surface area contributed by atoms with Crippen molar-refractivity contribution < 1.29 is 4.79 Å². The van der Waals surface area contributed by atoms with E-state index < -0.39 is 6.04 Å². The van der Waals surface area contributed by atoms with E-state index in [1.54, 1.807) is 0 Å². The van der Waals surface area contributed by atoms with Crippen molar-refractivity contribution in [2.75, 3.05) is 4.90 Å². The molecule has 3 heteroatoms. The Labute approximate surface area is 100 Å². The minimum absolute atomic E-state index is 0.0347. The number of anilines is 1. The van der Waals surface area contributed by atoms with Crippen LogP contribution in [0.4, 0.5) is 5.69 Å². The van der Waals surface area contributed by atoms with Crippen molar-refractivity contribution >= 4 is 24.4 Å². The predicted octanol–water partition coefficient (Wildman–Crippen LogP) is 2.06. The molecule has 1 aromatic rings. The summed E-state index contributed by atoms with van der Waals surface area (Å²) in [6.07, 6.45) is 4.73. The maximum atomic E-state index is 12.4. The average Bonchev–Trinajstić information content (AvgIpc) is 2.57. The van der Waals surface area contributed by atoms with Gasteiger partial charge >= 0.3 is 0 Å². The minimum Gasteiger partial charge on any atom is -0.306 e. The molecule has 0 N–H and O–H groups in total. The fraction of sp³-hybridized carbons (Fsp3) is 0.286. The lowest BCUT2D eigenvalue weighted by molar-refractivity contribution is -0.119. The molecule has 0 fully saturated rings. The monoisotopic (exact) mass is 226 g/mol. The first-order valence-corrected chi connectivity index (χ1v) is 5.81. The number of hydrogen-bond donors (Lipinski definition) is 0. The molecule has 0 spiro atoms. The SMILES string of the molecule is C=NC1C=Cc2cccc3c2N(C1=O)C(C)C3. The smallest absolute Gasteiger partial charge is 0.256 e. The van der Waals surface area contributed by atoms with Crippen molar-refractivity contribution in [1.82, 2.24) is 0 Å². The molecule has 2 aliphatic heterocycles. The van der Waals surface area contributed by atoms with Gasteiger partial charge in [-0.2, -0.15) is 0 Å². The highest BCUT2D eigenvalue weighted by molar-refractivity contribution is 6.04. The number of amides is 1. The number of benzene rings is 1. The molecule has 0 saturated heterocycles. The first-order valence-electron chi connectivity index (χ1n) is 5.81. The summed E-state index contributed by atoms with van der Waals surface area (Å²) in [5, 5.41) is 0. The molecule has 2 heterocycles. The molecule has 1 aromatic carbocycles. The molecular formula is C14H14N2O. The molecule has 0 bridgehead atoms. The van der Waals surface area contributed by atoms with Crippen molar-refractivity contribution in [2.24, 2.45) is 4.99 Å². The van der Waals surface area contributed by atoms with Crippen LogP contribution in [0.15, 0.2) is 29.3 Å². The Morgan fingerprint density at radius 3 is 3.06 bits per heavy atom. The van der Waals surface area contributed by atoms with Crippen LogP contribution in [0.2, 0.25) is 0 Å². The fourth-order valence-electron chi connectivity index (χ4n) is 2.72. The van der Waals surface area contributed by atoms with Crippen LogP contribution in [0.1, 0.15) is 18.1 Å². The Morgan fingerprint density at radius 2 is 2.29 bits per heavy atom. The summed E-state index contributed by atoms with van der Waals surface area (Å²) in [6.45, 7) is 5.58. The van der Waals surface area contributed by atoms with Gasteiger partial charge in [0.05, 0.1) is 5.69 Å². The Hall–Kier alpha value is -1.90. The number of rotatable bonds is 1. The van der Waals surface area contributed by atoms with E-state index in [0.29, 0.717) is 0 Å². The minimum atomic E-state index is -0.448. The molecule has 0 aromatic heterocycles. The maximum Gasteiger partial charge on any atom is 0.256 e. The van der Waals surface area contributed by atoms with E-state index in [1.165, 1.54) is 5.56 Å². The van der Waals surface area contributed by atoms with Gasteiger partial charge in [-0.3, -0.25) is 9.79 Å². The van der Waals surface area contributed by atoms with E-state index in [-0.39, 0.29) is 11.9 Å². The zero-order chi connectivity index (χ0) is 12.0. The van der Waals surface area contributed by atoms with Crippen LogP contribution in [-0.4, -0.2) is 24.7 Å². The highest BCUT2D eigenvalue weighted by Gasteiger charge is 2.36. The lowest BCUT2D eigenvalue weighted by Gasteiger charge is -2.24. The van der Waals surface area contributed by atoms with Gasteiger partial charge in [-0.25, -0.2) is 0 Å². The van der Waals surface area contributed by atoms with Gasteiger partial charge in [0, 0.05) is 6.04 Å². The number of carbonyl (C=O) groups excluding carboxylic acids is 1. The first-order chi connectivity index (χ1) is 8.22.